The minimum absolute atomic E-state index is 0.317. The van der Waals surface area contributed by atoms with Crippen LogP contribution in [0.3, 0.4) is 0 Å². The minimum atomic E-state index is 0.317. The summed E-state index contributed by atoms with van der Waals surface area (Å²) in [6, 6.07) is 9.82. The van der Waals surface area contributed by atoms with Gasteiger partial charge in [0, 0.05) is 18.3 Å². The number of nitrogens with one attached hydrogen (secondary N) is 1. The van der Waals surface area contributed by atoms with E-state index in [2.05, 4.69) is 24.4 Å². The number of aromatic hydroxyl groups is 1. The number of aryl methyl sites for hydroxylation is 3. The molecule has 0 unspecified atom stereocenters. The summed E-state index contributed by atoms with van der Waals surface area (Å²) in [5.41, 5.74) is 5.34. The van der Waals surface area contributed by atoms with Gasteiger partial charge in [-0.3, -0.25) is 0 Å². The average molecular weight is 271 g/mol. The predicted molar refractivity (Wildman–Crippen MR) is 82.6 cm³/mol. The summed E-state index contributed by atoms with van der Waals surface area (Å²) in [5.74, 6) is 1.23. The SMILES string of the molecule is COc1cc(C)c(CNc2ccc(C)c(O)c2)cc1C. The zero-order chi connectivity index (χ0) is 14.7. The van der Waals surface area contributed by atoms with E-state index in [0.29, 0.717) is 5.75 Å². The molecule has 2 aromatic carbocycles. The molecule has 0 radical (unpaired) electrons. The van der Waals surface area contributed by atoms with Crippen LogP contribution in [-0.2, 0) is 6.54 Å². The summed E-state index contributed by atoms with van der Waals surface area (Å²) in [6.45, 7) is 6.72. The van der Waals surface area contributed by atoms with Crippen LogP contribution in [0.2, 0.25) is 0 Å². The van der Waals surface area contributed by atoms with Crippen LogP contribution in [0.1, 0.15) is 22.3 Å². The second-order valence-corrected chi connectivity index (χ2v) is 5.10. The van der Waals surface area contributed by atoms with Crippen molar-refractivity contribution < 1.29 is 9.84 Å². The average Bonchev–Trinajstić information content (AvgIpc) is 2.43. The molecule has 0 saturated heterocycles. The molecule has 0 heterocycles. The van der Waals surface area contributed by atoms with Crippen molar-refractivity contribution in [2.24, 2.45) is 0 Å². The highest BCUT2D eigenvalue weighted by molar-refractivity contribution is 5.52. The third kappa shape index (κ3) is 3.05. The first-order valence-corrected chi connectivity index (χ1v) is 6.69. The molecule has 0 bridgehead atoms. The van der Waals surface area contributed by atoms with Gasteiger partial charge in [-0.15, -0.1) is 0 Å². The summed E-state index contributed by atoms with van der Waals surface area (Å²) in [5, 5.41) is 13.0. The monoisotopic (exact) mass is 271 g/mol. The third-order valence-electron chi connectivity index (χ3n) is 3.55. The second-order valence-electron chi connectivity index (χ2n) is 5.10. The van der Waals surface area contributed by atoms with Gasteiger partial charge in [0.15, 0.2) is 0 Å². The van der Waals surface area contributed by atoms with Crippen molar-refractivity contribution in [1.29, 1.82) is 0 Å². The number of benzene rings is 2. The highest BCUT2D eigenvalue weighted by Crippen LogP contribution is 2.24. The van der Waals surface area contributed by atoms with Gasteiger partial charge in [-0.2, -0.15) is 0 Å². The fraction of sp³-hybridized carbons (Fsp3) is 0.294. The molecule has 20 heavy (non-hydrogen) atoms. The van der Waals surface area contributed by atoms with Gasteiger partial charge in [-0.05, 0) is 55.2 Å². The van der Waals surface area contributed by atoms with Crippen molar-refractivity contribution in [1.82, 2.24) is 0 Å². The Hall–Kier alpha value is -2.16. The lowest BCUT2D eigenvalue weighted by Gasteiger charge is -2.13. The van der Waals surface area contributed by atoms with E-state index >= 15 is 0 Å². The summed E-state index contributed by atoms with van der Waals surface area (Å²) in [7, 11) is 1.69. The Morgan fingerprint density at radius 2 is 1.75 bits per heavy atom. The summed E-state index contributed by atoms with van der Waals surface area (Å²) < 4.78 is 5.32. The van der Waals surface area contributed by atoms with Gasteiger partial charge in [0.05, 0.1) is 7.11 Å². The van der Waals surface area contributed by atoms with E-state index in [9.17, 15) is 5.11 Å². The number of phenols is 1. The smallest absolute Gasteiger partial charge is 0.122 e. The first kappa shape index (κ1) is 14.3. The van der Waals surface area contributed by atoms with Gasteiger partial charge in [-0.25, -0.2) is 0 Å². The molecule has 2 aromatic rings. The standard InChI is InChI=1S/C17H21NO2/c1-11-5-6-15(9-16(11)19)18-10-14-7-13(3)17(20-4)8-12(14)2/h5-9,18-19H,10H2,1-4H3. The van der Waals surface area contributed by atoms with E-state index < -0.39 is 0 Å². The van der Waals surface area contributed by atoms with Crippen LogP contribution in [-0.4, -0.2) is 12.2 Å². The molecule has 0 aliphatic carbocycles. The first-order valence-electron chi connectivity index (χ1n) is 6.69. The largest absolute Gasteiger partial charge is 0.508 e. The highest BCUT2D eigenvalue weighted by atomic mass is 16.5. The Kier molecular flexibility index (Phi) is 4.18. The van der Waals surface area contributed by atoms with Gasteiger partial charge >= 0.3 is 0 Å². The fourth-order valence-corrected chi connectivity index (χ4v) is 2.18. The van der Waals surface area contributed by atoms with Crippen LogP contribution in [0.25, 0.3) is 0 Å². The van der Waals surface area contributed by atoms with E-state index in [1.54, 1.807) is 13.2 Å². The Morgan fingerprint density at radius 1 is 1.00 bits per heavy atom. The van der Waals surface area contributed by atoms with Crippen LogP contribution >= 0.6 is 0 Å². The van der Waals surface area contributed by atoms with E-state index in [-0.39, 0.29) is 0 Å². The molecule has 0 aliphatic heterocycles. The number of rotatable bonds is 4. The first-order chi connectivity index (χ1) is 9.51. The normalized spacial score (nSPS) is 10.4. The zero-order valence-electron chi connectivity index (χ0n) is 12.4. The summed E-state index contributed by atoms with van der Waals surface area (Å²) in [6.07, 6.45) is 0. The molecule has 0 fully saturated rings. The molecule has 0 atom stereocenters. The molecule has 2 rings (SSSR count). The Labute approximate surface area is 120 Å². The van der Waals surface area contributed by atoms with E-state index in [1.807, 2.05) is 26.0 Å². The van der Waals surface area contributed by atoms with Crippen molar-refractivity contribution in [2.75, 3.05) is 12.4 Å². The van der Waals surface area contributed by atoms with Crippen molar-refractivity contribution in [3.05, 3.63) is 52.6 Å². The molecule has 0 saturated carbocycles. The fourth-order valence-electron chi connectivity index (χ4n) is 2.18. The van der Waals surface area contributed by atoms with Crippen LogP contribution in [0.5, 0.6) is 11.5 Å². The number of anilines is 1. The molecule has 2 N–H and O–H groups in total. The van der Waals surface area contributed by atoms with Crippen molar-refractivity contribution in [2.45, 2.75) is 27.3 Å². The molecule has 3 nitrogen and oxygen atoms in total. The van der Waals surface area contributed by atoms with Crippen LogP contribution in [0.4, 0.5) is 5.69 Å². The van der Waals surface area contributed by atoms with Crippen molar-refractivity contribution in [3.8, 4) is 11.5 Å². The van der Waals surface area contributed by atoms with Crippen LogP contribution < -0.4 is 10.1 Å². The third-order valence-corrected chi connectivity index (χ3v) is 3.55. The van der Waals surface area contributed by atoms with Gasteiger partial charge in [0.1, 0.15) is 11.5 Å². The number of ether oxygens (including phenoxy) is 1. The second kappa shape index (κ2) is 5.87. The molecule has 0 spiro atoms. The quantitative estimate of drug-likeness (QED) is 0.885. The van der Waals surface area contributed by atoms with E-state index in [4.69, 9.17) is 4.74 Å². The predicted octanol–water partition coefficient (Wildman–Crippen LogP) is 3.94. The molecule has 0 aromatic heterocycles. The van der Waals surface area contributed by atoms with Crippen LogP contribution in [0, 0.1) is 20.8 Å². The van der Waals surface area contributed by atoms with Gasteiger partial charge in [0.2, 0.25) is 0 Å². The molecular formula is C17H21NO2. The molecule has 0 amide bonds. The summed E-state index contributed by atoms with van der Waals surface area (Å²) in [4.78, 5) is 0. The molecule has 106 valence electrons. The maximum absolute atomic E-state index is 9.71. The molecular weight excluding hydrogens is 250 g/mol. The topological polar surface area (TPSA) is 41.5 Å². The van der Waals surface area contributed by atoms with Crippen LogP contribution in [0.15, 0.2) is 30.3 Å². The highest BCUT2D eigenvalue weighted by Gasteiger charge is 2.05. The number of hydrogen-bond donors (Lipinski definition) is 2. The summed E-state index contributed by atoms with van der Waals surface area (Å²) >= 11 is 0. The number of hydrogen-bond acceptors (Lipinski definition) is 3. The lowest BCUT2D eigenvalue weighted by molar-refractivity contribution is 0.411. The zero-order valence-corrected chi connectivity index (χ0v) is 12.4. The Morgan fingerprint density at radius 3 is 2.40 bits per heavy atom. The maximum Gasteiger partial charge on any atom is 0.122 e. The van der Waals surface area contributed by atoms with E-state index in [1.165, 1.54) is 11.1 Å². The molecule has 3 heteroatoms. The van der Waals surface area contributed by atoms with Gasteiger partial charge < -0.3 is 15.2 Å². The van der Waals surface area contributed by atoms with Gasteiger partial charge in [-0.1, -0.05) is 12.1 Å². The van der Waals surface area contributed by atoms with Crippen molar-refractivity contribution >= 4 is 5.69 Å². The molecule has 0 aliphatic rings. The maximum atomic E-state index is 9.71. The van der Waals surface area contributed by atoms with Gasteiger partial charge in [0.25, 0.3) is 0 Å². The lowest BCUT2D eigenvalue weighted by Crippen LogP contribution is -2.02. The van der Waals surface area contributed by atoms with Crippen molar-refractivity contribution in [3.63, 3.8) is 0 Å². The lowest BCUT2D eigenvalue weighted by atomic mass is 10.0. The Balaban J connectivity index is 2.14. The number of phenolic OH excluding ortho intramolecular Hbond substituents is 1. The van der Waals surface area contributed by atoms with E-state index in [0.717, 1.165) is 29.1 Å². The number of methoxy groups -OCH3 is 1. The minimum Gasteiger partial charge on any atom is -0.508 e. The Bertz CT molecular complexity index is 621.